The molecule has 0 aliphatic heterocycles. The molecule has 0 unspecified atom stereocenters. The second kappa shape index (κ2) is 6.27. The van der Waals surface area contributed by atoms with Gasteiger partial charge in [-0.1, -0.05) is 41.5 Å². The standard InChI is InChI=1S/C14H12BrF3N2S/c1-2-3-9-7-12(21)20-13(19-9)10-5-4-8(15)6-11(10)14(16,17)18/h4-7H,2-3H2,1H3,(H,19,20,21). The first-order chi connectivity index (χ1) is 9.81. The Bertz CT molecular complexity index is 710. The van der Waals surface area contributed by atoms with Gasteiger partial charge < -0.3 is 4.98 Å². The van der Waals surface area contributed by atoms with Gasteiger partial charge in [0.05, 0.1) is 5.56 Å². The highest BCUT2D eigenvalue weighted by Gasteiger charge is 2.34. The van der Waals surface area contributed by atoms with E-state index in [-0.39, 0.29) is 16.0 Å². The number of rotatable bonds is 3. The van der Waals surface area contributed by atoms with Crippen molar-refractivity contribution >= 4 is 28.1 Å². The zero-order valence-corrected chi connectivity index (χ0v) is 13.5. The Morgan fingerprint density at radius 1 is 1.29 bits per heavy atom. The van der Waals surface area contributed by atoms with Crippen LogP contribution in [0.2, 0.25) is 0 Å². The zero-order chi connectivity index (χ0) is 15.6. The summed E-state index contributed by atoms with van der Waals surface area (Å²) in [5, 5.41) is 0. The Balaban J connectivity index is 2.64. The number of aromatic amines is 1. The van der Waals surface area contributed by atoms with Crippen molar-refractivity contribution in [2.45, 2.75) is 25.9 Å². The predicted molar refractivity (Wildman–Crippen MR) is 81.6 cm³/mol. The SMILES string of the molecule is CCCc1cc(=S)nc(-c2ccc(Br)cc2C(F)(F)F)[nH]1. The van der Waals surface area contributed by atoms with Crippen molar-refractivity contribution in [3.63, 3.8) is 0 Å². The summed E-state index contributed by atoms with van der Waals surface area (Å²) in [6, 6.07) is 5.65. The molecular weight excluding hydrogens is 365 g/mol. The maximum Gasteiger partial charge on any atom is 0.417 e. The summed E-state index contributed by atoms with van der Waals surface area (Å²) in [5.41, 5.74) is 0.0296. The minimum absolute atomic E-state index is 0.00486. The van der Waals surface area contributed by atoms with Crippen molar-refractivity contribution in [2.75, 3.05) is 0 Å². The first kappa shape index (κ1) is 16.2. The van der Waals surface area contributed by atoms with Gasteiger partial charge in [0.2, 0.25) is 0 Å². The van der Waals surface area contributed by atoms with Crippen LogP contribution >= 0.6 is 28.1 Å². The molecule has 2 aromatic rings. The van der Waals surface area contributed by atoms with E-state index in [4.69, 9.17) is 12.2 Å². The molecule has 0 atom stereocenters. The van der Waals surface area contributed by atoms with Crippen LogP contribution < -0.4 is 0 Å². The largest absolute Gasteiger partial charge is 0.417 e. The van der Waals surface area contributed by atoms with Gasteiger partial charge in [-0.2, -0.15) is 13.2 Å². The lowest BCUT2D eigenvalue weighted by molar-refractivity contribution is -0.137. The molecule has 112 valence electrons. The number of halogens is 4. The van der Waals surface area contributed by atoms with Gasteiger partial charge in [-0.25, -0.2) is 4.98 Å². The van der Waals surface area contributed by atoms with Gasteiger partial charge in [0.25, 0.3) is 0 Å². The number of hydrogen-bond acceptors (Lipinski definition) is 2. The van der Waals surface area contributed by atoms with Gasteiger partial charge in [0.1, 0.15) is 10.5 Å². The smallest absolute Gasteiger partial charge is 0.343 e. The predicted octanol–water partition coefficient (Wildman–Crippen LogP) is 5.54. The Hall–Kier alpha value is -1.21. The van der Waals surface area contributed by atoms with E-state index in [1.807, 2.05) is 6.92 Å². The van der Waals surface area contributed by atoms with E-state index in [0.29, 0.717) is 10.9 Å². The fourth-order valence-electron chi connectivity index (χ4n) is 2.00. The van der Waals surface area contributed by atoms with Gasteiger partial charge in [-0.05, 0) is 30.7 Å². The van der Waals surface area contributed by atoms with Crippen LogP contribution in [0.15, 0.2) is 28.7 Å². The maximum absolute atomic E-state index is 13.2. The molecule has 2 nitrogen and oxygen atoms in total. The average molecular weight is 377 g/mol. The van der Waals surface area contributed by atoms with Crippen LogP contribution in [-0.2, 0) is 12.6 Å². The summed E-state index contributed by atoms with van der Waals surface area (Å²) >= 11 is 8.11. The number of benzene rings is 1. The van der Waals surface area contributed by atoms with Crippen LogP contribution in [-0.4, -0.2) is 9.97 Å². The van der Waals surface area contributed by atoms with E-state index in [9.17, 15) is 13.2 Å². The summed E-state index contributed by atoms with van der Waals surface area (Å²) in [7, 11) is 0. The number of nitrogens with one attached hydrogen (secondary N) is 1. The molecule has 0 aliphatic carbocycles. The Kier molecular flexibility index (Phi) is 4.83. The number of nitrogens with zero attached hydrogens (tertiary/aromatic N) is 1. The van der Waals surface area contributed by atoms with Gasteiger partial charge in [0, 0.05) is 15.7 Å². The molecule has 1 aromatic heterocycles. The van der Waals surface area contributed by atoms with Crippen LogP contribution in [0.25, 0.3) is 11.4 Å². The summed E-state index contributed by atoms with van der Waals surface area (Å²) < 4.78 is 40.2. The highest BCUT2D eigenvalue weighted by atomic mass is 79.9. The van der Waals surface area contributed by atoms with E-state index in [0.717, 1.165) is 18.2 Å². The summed E-state index contributed by atoms with van der Waals surface area (Å²) in [6.07, 6.45) is -2.89. The van der Waals surface area contributed by atoms with Crippen molar-refractivity contribution in [1.82, 2.24) is 9.97 Å². The highest BCUT2D eigenvalue weighted by Crippen LogP contribution is 2.37. The van der Waals surface area contributed by atoms with E-state index in [1.165, 1.54) is 6.07 Å². The minimum Gasteiger partial charge on any atom is -0.343 e. The molecule has 0 fully saturated rings. The molecule has 0 saturated carbocycles. The molecule has 0 spiro atoms. The molecule has 2 rings (SSSR count). The topological polar surface area (TPSA) is 28.7 Å². The number of H-pyrrole nitrogens is 1. The second-order valence-electron chi connectivity index (χ2n) is 4.53. The maximum atomic E-state index is 13.2. The molecule has 1 aromatic carbocycles. The molecule has 0 amide bonds. The third-order valence-electron chi connectivity index (χ3n) is 2.86. The van der Waals surface area contributed by atoms with Crippen molar-refractivity contribution in [3.05, 3.63) is 44.6 Å². The third kappa shape index (κ3) is 3.91. The van der Waals surface area contributed by atoms with Crippen molar-refractivity contribution in [1.29, 1.82) is 0 Å². The number of aromatic nitrogens is 2. The number of hydrogen-bond donors (Lipinski definition) is 1. The van der Waals surface area contributed by atoms with E-state index >= 15 is 0 Å². The van der Waals surface area contributed by atoms with E-state index in [2.05, 4.69) is 25.9 Å². The molecule has 0 bridgehead atoms. The first-order valence-corrected chi connectivity index (χ1v) is 7.48. The molecular formula is C14H12BrF3N2S. The molecule has 0 radical (unpaired) electrons. The van der Waals surface area contributed by atoms with E-state index in [1.54, 1.807) is 12.1 Å². The number of alkyl halides is 3. The zero-order valence-electron chi connectivity index (χ0n) is 11.1. The van der Waals surface area contributed by atoms with Gasteiger partial charge in [-0.15, -0.1) is 0 Å². The fourth-order valence-corrected chi connectivity index (χ4v) is 2.59. The lowest BCUT2D eigenvalue weighted by Gasteiger charge is -2.13. The van der Waals surface area contributed by atoms with Crippen LogP contribution in [0.3, 0.4) is 0 Å². The Labute approximate surface area is 133 Å². The van der Waals surface area contributed by atoms with Gasteiger partial charge >= 0.3 is 6.18 Å². The molecule has 21 heavy (non-hydrogen) atoms. The minimum atomic E-state index is -4.46. The second-order valence-corrected chi connectivity index (χ2v) is 5.86. The third-order valence-corrected chi connectivity index (χ3v) is 3.56. The first-order valence-electron chi connectivity index (χ1n) is 6.28. The van der Waals surface area contributed by atoms with Gasteiger partial charge in [0.15, 0.2) is 0 Å². The fraction of sp³-hybridized carbons (Fsp3) is 0.286. The molecule has 7 heteroatoms. The van der Waals surface area contributed by atoms with Crippen LogP contribution in [0.4, 0.5) is 13.2 Å². The van der Waals surface area contributed by atoms with Crippen LogP contribution in [0, 0.1) is 4.64 Å². The molecule has 0 saturated heterocycles. The summed E-state index contributed by atoms with van der Waals surface area (Å²) in [4.78, 5) is 6.98. The Morgan fingerprint density at radius 3 is 2.62 bits per heavy atom. The van der Waals surface area contributed by atoms with Crippen molar-refractivity contribution in [3.8, 4) is 11.4 Å². The monoisotopic (exact) mass is 376 g/mol. The quantitative estimate of drug-likeness (QED) is 0.712. The molecule has 1 heterocycles. The van der Waals surface area contributed by atoms with Crippen molar-refractivity contribution in [2.24, 2.45) is 0 Å². The summed E-state index contributed by atoms with van der Waals surface area (Å²) in [6.45, 7) is 1.98. The average Bonchev–Trinajstić information content (AvgIpc) is 2.37. The number of aryl methyl sites for hydroxylation is 1. The lowest BCUT2D eigenvalue weighted by Crippen LogP contribution is -2.09. The van der Waals surface area contributed by atoms with Crippen molar-refractivity contribution < 1.29 is 13.2 Å². The van der Waals surface area contributed by atoms with E-state index < -0.39 is 11.7 Å². The lowest BCUT2D eigenvalue weighted by atomic mass is 10.1. The highest BCUT2D eigenvalue weighted by molar-refractivity contribution is 9.10. The van der Waals surface area contributed by atoms with Crippen LogP contribution in [0.1, 0.15) is 24.6 Å². The summed E-state index contributed by atoms with van der Waals surface area (Å²) in [5.74, 6) is 0.144. The molecule has 1 N–H and O–H groups in total. The Morgan fingerprint density at radius 2 is 2.00 bits per heavy atom. The normalized spacial score (nSPS) is 11.7. The molecule has 0 aliphatic rings. The van der Waals surface area contributed by atoms with Crippen LogP contribution in [0.5, 0.6) is 0 Å². The van der Waals surface area contributed by atoms with Gasteiger partial charge in [-0.3, -0.25) is 0 Å².